The fourth-order valence-electron chi connectivity index (χ4n) is 2.58. The number of rotatable bonds is 3. The molecule has 2 aliphatic heterocycles. The lowest BCUT2D eigenvalue weighted by Crippen LogP contribution is -2.36. The predicted octanol–water partition coefficient (Wildman–Crippen LogP) is 1.70. The predicted molar refractivity (Wildman–Crippen MR) is 91.7 cm³/mol. The molecule has 3 heterocycles. The number of alkyl halides is 2. The van der Waals surface area contributed by atoms with E-state index in [1.165, 1.54) is 0 Å². The van der Waals surface area contributed by atoms with Crippen molar-refractivity contribution in [3.05, 3.63) is 18.3 Å². The third-order valence-electron chi connectivity index (χ3n) is 3.80. The number of pyridine rings is 1. The van der Waals surface area contributed by atoms with Crippen LogP contribution >= 0.6 is 24.8 Å². The molecule has 6 nitrogen and oxygen atoms in total. The molecule has 1 amide bonds. The van der Waals surface area contributed by atoms with E-state index < -0.39 is 30.8 Å². The van der Waals surface area contributed by atoms with Crippen LogP contribution in [0, 0.1) is 0 Å². The van der Waals surface area contributed by atoms with E-state index in [4.69, 9.17) is 4.74 Å². The molecule has 2 saturated heterocycles. The molecule has 3 rings (SSSR count). The zero-order valence-corrected chi connectivity index (χ0v) is 14.5. The molecule has 1 unspecified atom stereocenters. The molecule has 2 fully saturated rings. The molecule has 0 aliphatic carbocycles. The van der Waals surface area contributed by atoms with E-state index in [0.717, 1.165) is 18.8 Å². The summed E-state index contributed by atoms with van der Waals surface area (Å²) in [6, 6.07) is 2.65. The van der Waals surface area contributed by atoms with Gasteiger partial charge in [-0.1, -0.05) is 0 Å². The summed E-state index contributed by atoms with van der Waals surface area (Å²) < 4.78 is 31.4. The van der Waals surface area contributed by atoms with Crippen LogP contribution in [0.4, 0.5) is 20.3 Å². The molecule has 1 aromatic heterocycles. The van der Waals surface area contributed by atoms with Gasteiger partial charge in [0.2, 0.25) is 5.91 Å². The van der Waals surface area contributed by atoms with Crippen LogP contribution in [0.3, 0.4) is 0 Å². The molecular formula is C14H20Cl2F2N4O2. The summed E-state index contributed by atoms with van der Waals surface area (Å²) in [5.74, 6) is -2.95. The Morgan fingerprint density at radius 2 is 2.04 bits per heavy atom. The molecule has 0 aromatic carbocycles. The first-order valence-electron chi connectivity index (χ1n) is 7.24. The van der Waals surface area contributed by atoms with E-state index in [1.807, 2.05) is 6.07 Å². The summed E-state index contributed by atoms with van der Waals surface area (Å²) in [7, 11) is 0. The van der Waals surface area contributed by atoms with Gasteiger partial charge in [-0.25, -0.2) is 13.8 Å². The topological polar surface area (TPSA) is 66.5 Å². The van der Waals surface area contributed by atoms with E-state index in [0.29, 0.717) is 19.0 Å². The van der Waals surface area contributed by atoms with Gasteiger partial charge >= 0.3 is 0 Å². The van der Waals surface area contributed by atoms with Gasteiger partial charge < -0.3 is 15.0 Å². The third-order valence-corrected chi connectivity index (χ3v) is 3.80. The summed E-state index contributed by atoms with van der Waals surface area (Å²) in [6.45, 7) is 2.50. The van der Waals surface area contributed by atoms with Crippen molar-refractivity contribution in [2.45, 2.75) is 18.4 Å². The minimum Gasteiger partial charge on any atom is -0.378 e. The van der Waals surface area contributed by atoms with Gasteiger partial charge in [-0.3, -0.25) is 10.1 Å². The minimum atomic E-state index is -2.82. The van der Waals surface area contributed by atoms with Crippen molar-refractivity contribution >= 4 is 42.2 Å². The van der Waals surface area contributed by atoms with Gasteiger partial charge in [0.1, 0.15) is 5.82 Å². The molecule has 0 radical (unpaired) electrons. The normalized spacial score (nSPS) is 22.2. The monoisotopic (exact) mass is 384 g/mol. The lowest BCUT2D eigenvalue weighted by atomic mass is 10.2. The Kier molecular flexibility index (Phi) is 7.59. The maximum Gasteiger partial charge on any atom is 0.262 e. The van der Waals surface area contributed by atoms with Gasteiger partial charge in [-0.05, 0) is 12.1 Å². The van der Waals surface area contributed by atoms with Crippen LogP contribution < -0.4 is 15.5 Å². The first-order chi connectivity index (χ1) is 10.5. The smallest absolute Gasteiger partial charge is 0.262 e. The van der Waals surface area contributed by atoms with Crippen LogP contribution in [-0.2, 0) is 9.53 Å². The van der Waals surface area contributed by atoms with Crippen LogP contribution in [0.2, 0.25) is 0 Å². The van der Waals surface area contributed by atoms with Crippen LogP contribution in [0.25, 0.3) is 0 Å². The fourth-order valence-corrected chi connectivity index (χ4v) is 2.58. The second kappa shape index (κ2) is 8.75. The van der Waals surface area contributed by atoms with Crippen molar-refractivity contribution < 1.29 is 18.3 Å². The number of carbonyl (C=O) groups excluding carboxylic acids is 1. The molecule has 24 heavy (non-hydrogen) atoms. The van der Waals surface area contributed by atoms with Gasteiger partial charge in [0, 0.05) is 19.5 Å². The number of hydrogen-bond acceptors (Lipinski definition) is 5. The highest BCUT2D eigenvalue weighted by Gasteiger charge is 2.42. The van der Waals surface area contributed by atoms with Gasteiger partial charge in [0.25, 0.3) is 5.92 Å². The average Bonchev–Trinajstić information content (AvgIpc) is 2.89. The van der Waals surface area contributed by atoms with Gasteiger partial charge in [0.05, 0.1) is 37.7 Å². The summed E-state index contributed by atoms with van der Waals surface area (Å²) in [5, 5.41) is 5.08. The lowest BCUT2D eigenvalue weighted by molar-refractivity contribution is -0.118. The van der Waals surface area contributed by atoms with E-state index in [1.54, 1.807) is 12.3 Å². The average molecular weight is 385 g/mol. The second-order valence-corrected chi connectivity index (χ2v) is 5.48. The largest absolute Gasteiger partial charge is 0.378 e. The summed E-state index contributed by atoms with van der Waals surface area (Å²) in [5.41, 5.74) is 0.951. The van der Waals surface area contributed by atoms with Crippen molar-refractivity contribution in [1.82, 2.24) is 10.3 Å². The Morgan fingerprint density at radius 1 is 1.33 bits per heavy atom. The number of halogens is 4. The Labute approximate surface area is 151 Å². The Hall–Kier alpha value is -1.22. The van der Waals surface area contributed by atoms with Crippen molar-refractivity contribution in [3.63, 3.8) is 0 Å². The van der Waals surface area contributed by atoms with Crippen LogP contribution in [0.1, 0.15) is 6.42 Å². The number of nitrogens with one attached hydrogen (secondary N) is 2. The summed E-state index contributed by atoms with van der Waals surface area (Å²) in [6.07, 6.45) is 1.18. The van der Waals surface area contributed by atoms with E-state index in [2.05, 4.69) is 20.5 Å². The Bertz CT molecular complexity index is 542. The molecule has 2 aliphatic rings. The van der Waals surface area contributed by atoms with Gasteiger partial charge in [-0.15, -0.1) is 24.8 Å². The number of hydrogen-bond donors (Lipinski definition) is 2. The second-order valence-electron chi connectivity index (χ2n) is 5.48. The Morgan fingerprint density at radius 3 is 2.58 bits per heavy atom. The minimum absolute atomic E-state index is 0. The zero-order valence-electron chi connectivity index (χ0n) is 12.8. The van der Waals surface area contributed by atoms with E-state index in [-0.39, 0.29) is 24.8 Å². The van der Waals surface area contributed by atoms with Crippen molar-refractivity contribution in [3.8, 4) is 0 Å². The number of carbonyl (C=O) groups is 1. The zero-order chi connectivity index (χ0) is 15.6. The number of amides is 1. The standard InChI is InChI=1S/C14H18F2N4O2.2ClH/c15-14(16)7-11(18-9-14)13(21)19-12-2-1-10(8-17-12)20-3-5-22-6-4-20;;/h1-2,8,11,18H,3-7,9H2,(H,17,19,21);2*1H. The lowest BCUT2D eigenvalue weighted by Gasteiger charge is -2.28. The number of anilines is 2. The van der Waals surface area contributed by atoms with Crippen molar-refractivity contribution in [1.29, 1.82) is 0 Å². The van der Waals surface area contributed by atoms with E-state index >= 15 is 0 Å². The molecule has 0 saturated carbocycles. The quantitative estimate of drug-likeness (QED) is 0.829. The highest BCUT2D eigenvalue weighted by molar-refractivity contribution is 5.94. The van der Waals surface area contributed by atoms with Gasteiger partial charge in [-0.2, -0.15) is 0 Å². The van der Waals surface area contributed by atoms with Crippen LogP contribution in [0.5, 0.6) is 0 Å². The van der Waals surface area contributed by atoms with Gasteiger partial charge in [0.15, 0.2) is 0 Å². The first kappa shape index (κ1) is 20.8. The molecule has 0 bridgehead atoms. The molecule has 2 N–H and O–H groups in total. The fraction of sp³-hybridized carbons (Fsp3) is 0.571. The number of aromatic nitrogens is 1. The van der Waals surface area contributed by atoms with E-state index in [9.17, 15) is 13.6 Å². The Balaban J connectivity index is 0.00000144. The van der Waals surface area contributed by atoms with Crippen molar-refractivity contribution in [2.24, 2.45) is 0 Å². The number of nitrogens with zero attached hydrogens (tertiary/aromatic N) is 2. The molecule has 10 heteroatoms. The number of ether oxygens (including phenoxy) is 1. The van der Waals surface area contributed by atoms with Crippen molar-refractivity contribution in [2.75, 3.05) is 43.1 Å². The maximum absolute atomic E-state index is 13.1. The van der Waals surface area contributed by atoms with Crippen LogP contribution in [0.15, 0.2) is 18.3 Å². The molecular weight excluding hydrogens is 365 g/mol. The number of morpholine rings is 1. The first-order valence-corrected chi connectivity index (χ1v) is 7.24. The summed E-state index contributed by atoms with van der Waals surface area (Å²) >= 11 is 0. The SMILES string of the molecule is Cl.Cl.O=C(Nc1ccc(N2CCOCC2)cn1)C1CC(F)(F)CN1. The third kappa shape index (κ3) is 5.14. The molecule has 1 atom stereocenters. The van der Waals surface area contributed by atoms with Crippen LogP contribution in [-0.4, -0.2) is 55.7 Å². The maximum atomic E-state index is 13.1. The highest BCUT2D eigenvalue weighted by atomic mass is 35.5. The molecule has 0 spiro atoms. The summed E-state index contributed by atoms with van der Waals surface area (Å²) in [4.78, 5) is 18.2. The molecule has 1 aromatic rings. The molecule has 136 valence electrons. The highest BCUT2D eigenvalue weighted by Crippen LogP contribution is 2.25.